The SMILES string of the molecule is COC(=O)CCc1csc(N2CCN3CCCCC3C2)n1. The van der Waals surface area contributed by atoms with Crippen molar-refractivity contribution in [2.75, 3.05) is 38.2 Å². The molecule has 0 saturated carbocycles. The van der Waals surface area contributed by atoms with E-state index in [1.54, 1.807) is 11.3 Å². The van der Waals surface area contributed by atoms with E-state index in [1.165, 1.54) is 32.9 Å². The van der Waals surface area contributed by atoms with Gasteiger partial charge in [-0.25, -0.2) is 4.98 Å². The fourth-order valence-corrected chi connectivity index (χ4v) is 4.12. The predicted molar refractivity (Wildman–Crippen MR) is 83.9 cm³/mol. The molecule has 3 rings (SSSR count). The van der Waals surface area contributed by atoms with Gasteiger partial charge in [0.05, 0.1) is 19.2 Å². The van der Waals surface area contributed by atoms with Crippen molar-refractivity contribution in [1.82, 2.24) is 9.88 Å². The van der Waals surface area contributed by atoms with Crippen LogP contribution in [-0.4, -0.2) is 55.2 Å². The lowest BCUT2D eigenvalue weighted by Gasteiger charge is -2.44. The standard InChI is InChI=1S/C15H23N3O2S/c1-20-14(19)6-5-12-11-21-15(16-12)18-9-8-17-7-3-2-4-13(17)10-18/h11,13H,2-10H2,1H3. The van der Waals surface area contributed by atoms with Gasteiger partial charge in [0.1, 0.15) is 0 Å². The lowest BCUT2D eigenvalue weighted by Crippen LogP contribution is -2.54. The van der Waals surface area contributed by atoms with E-state index in [-0.39, 0.29) is 5.97 Å². The predicted octanol–water partition coefficient (Wildman–Crippen LogP) is 1.92. The van der Waals surface area contributed by atoms with Gasteiger partial charge in [0, 0.05) is 37.5 Å². The van der Waals surface area contributed by atoms with Crippen molar-refractivity contribution in [2.24, 2.45) is 0 Å². The molecule has 2 aliphatic heterocycles. The molecule has 2 fully saturated rings. The van der Waals surface area contributed by atoms with Crippen molar-refractivity contribution < 1.29 is 9.53 Å². The number of aryl methyl sites for hydroxylation is 1. The number of piperazine rings is 1. The van der Waals surface area contributed by atoms with Gasteiger partial charge in [0.15, 0.2) is 5.13 Å². The van der Waals surface area contributed by atoms with Gasteiger partial charge in [-0.1, -0.05) is 6.42 Å². The monoisotopic (exact) mass is 309 g/mol. The second-order valence-electron chi connectivity index (χ2n) is 5.83. The Bertz CT molecular complexity index is 491. The number of carbonyl (C=O) groups is 1. The average Bonchev–Trinajstić information content (AvgIpc) is 3.01. The molecule has 0 aliphatic carbocycles. The zero-order valence-corrected chi connectivity index (χ0v) is 13.4. The Kier molecular flexibility index (Phi) is 4.75. The molecule has 1 aromatic rings. The number of hydrogen-bond donors (Lipinski definition) is 0. The number of hydrogen-bond acceptors (Lipinski definition) is 6. The maximum absolute atomic E-state index is 11.2. The fraction of sp³-hybridized carbons (Fsp3) is 0.733. The Hall–Kier alpha value is -1.14. The van der Waals surface area contributed by atoms with Crippen molar-refractivity contribution >= 4 is 22.4 Å². The molecule has 0 bridgehead atoms. The van der Waals surface area contributed by atoms with Gasteiger partial charge in [-0.05, 0) is 19.4 Å². The Labute approximate surface area is 129 Å². The van der Waals surface area contributed by atoms with E-state index in [0.717, 1.165) is 30.5 Å². The molecule has 0 N–H and O–H groups in total. The van der Waals surface area contributed by atoms with Gasteiger partial charge >= 0.3 is 5.97 Å². The minimum absolute atomic E-state index is 0.166. The van der Waals surface area contributed by atoms with Crippen molar-refractivity contribution in [3.05, 3.63) is 11.1 Å². The van der Waals surface area contributed by atoms with E-state index in [9.17, 15) is 4.79 Å². The smallest absolute Gasteiger partial charge is 0.305 e. The second-order valence-corrected chi connectivity index (χ2v) is 6.67. The van der Waals surface area contributed by atoms with Gasteiger partial charge in [0.25, 0.3) is 0 Å². The molecule has 6 heteroatoms. The number of thiazole rings is 1. The molecule has 1 atom stereocenters. The molecule has 0 amide bonds. The van der Waals surface area contributed by atoms with Gasteiger partial charge in [-0.15, -0.1) is 11.3 Å². The maximum Gasteiger partial charge on any atom is 0.305 e. The summed E-state index contributed by atoms with van der Waals surface area (Å²) in [5.74, 6) is -0.166. The summed E-state index contributed by atoms with van der Waals surface area (Å²) in [5.41, 5.74) is 1.01. The maximum atomic E-state index is 11.2. The Morgan fingerprint density at radius 3 is 3.19 bits per heavy atom. The van der Waals surface area contributed by atoms with Gasteiger partial charge in [0.2, 0.25) is 0 Å². The summed E-state index contributed by atoms with van der Waals surface area (Å²) < 4.78 is 4.68. The minimum Gasteiger partial charge on any atom is -0.469 e. The van der Waals surface area contributed by atoms with Crippen LogP contribution in [0.2, 0.25) is 0 Å². The first-order valence-electron chi connectivity index (χ1n) is 7.76. The third-order valence-corrected chi connectivity index (χ3v) is 5.41. The summed E-state index contributed by atoms with van der Waals surface area (Å²) in [6, 6.07) is 0.704. The van der Waals surface area contributed by atoms with Crippen molar-refractivity contribution in [2.45, 2.75) is 38.1 Å². The number of carbonyl (C=O) groups excluding carboxylic acids is 1. The fourth-order valence-electron chi connectivity index (χ4n) is 3.22. The van der Waals surface area contributed by atoms with Gasteiger partial charge in [-0.2, -0.15) is 0 Å². The number of nitrogens with zero attached hydrogens (tertiary/aromatic N) is 3. The average molecular weight is 309 g/mol. The lowest BCUT2D eigenvalue weighted by molar-refractivity contribution is -0.140. The minimum atomic E-state index is -0.166. The molecule has 0 radical (unpaired) electrons. The number of piperidine rings is 1. The number of rotatable bonds is 4. The first kappa shape index (κ1) is 14.8. The molecule has 3 heterocycles. The molecule has 116 valence electrons. The van der Waals surface area contributed by atoms with Crippen LogP contribution in [0.1, 0.15) is 31.4 Å². The first-order valence-corrected chi connectivity index (χ1v) is 8.64. The summed E-state index contributed by atoms with van der Waals surface area (Å²) in [4.78, 5) is 20.9. The number of ether oxygens (including phenoxy) is 1. The summed E-state index contributed by atoms with van der Waals surface area (Å²) in [7, 11) is 1.43. The van der Waals surface area contributed by atoms with Crippen molar-refractivity contribution in [3.8, 4) is 0 Å². The van der Waals surface area contributed by atoms with E-state index in [4.69, 9.17) is 4.98 Å². The third kappa shape index (κ3) is 3.55. The zero-order chi connectivity index (χ0) is 14.7. The van der Waals surface area contributed by atoms with Crippen LogP contribution in [0.5, 0.6) is 0 Å². The molecular formula is C15H23N3O2S. The Morgan fingerprint density at radius 1 is 1.43 bits per heavy atom. The summed E-state index contributed by atoms with van der Waals surface area (Å²) in [6.07, 6.45) is 5.11. The summed E-state index contributed by atoms with van der Waals surface area (Å²) >= 11 is 1.70. The van der Waals surface area contributed by atoms with Crippen LogP contribution in [0.25, 0.3) is 0 Å². The summed E-state index contributed by atoms with van der Waals surface area (Å²) in [6.45, 7) is 4.59. The molecule has 1 unspecified atom stereocenters. The van der Waals surface area contributed by atoms with Gasteiger partial charge < -0.3 is 9.64 Å². The van der Waals surface area contributed by atoms with Crippen LogP contribution in [0.15, 0.2) is 5.38 Å². The van der Waals surface area contributed by atoms with E-state index in [1.807, 2.05) is 0 Å². The summed E-state index contributed by atoms with van der Waals surface area (Å²) in [5, 5.41) is 3.19. The van der Waals surface area contributed by atoms with Gasteiger partial charge in [-0.3, -0.25) is 9.69 Å². The van der Waals surface area contributed by atoms with E-state index in [0.29, 0.717) is 18.9 Å². The number of anilines is 1. The van der Waals surface area contributed by atoms with Crippen LogP contribution in [0.4, 0.5) is 5.13 Å². The highest BCUT2D eigenvalue weighted by atomic mass is 32.1. The Balaban J connectivity index is 1.57. The molecule has 0 spiro atoms. The molecular weight excluding hydrogens is 286 g/mol. The zero-order valence-electron chi connectivity index (χ0n) is 12.6. The normalized spacial score (nSPS) is 22.9. The van der Waals surface area contributed by atoms with E-state index >= 15 is 0 Å². The highest BCUT2D eigenvalue weighted by molar-refractivity contribution is 7.13. The molecule has 2 saturated heterocycles. The largest absolute Gasteiger partial charge is 0.469 e. The van der Waals surface area contributed by atoms with E-state index < -0.39 is 0 Å². The topological polar surface area (TPSA) is 45.7 Å². The Morgan fingerprint density at radius 2 is 2.33 bits per heavy atom. The highest BCUT2D eigenvalue weighted by Gasteiger charge is 2.29. The second kappa shape index (κ2) is 6.75. The molecule has 1 aromatic heterocycles. The van der Waals surface area contributed by atoms with Crippen LogP contribution in [-0.2, 0) is 16.0 Å². The number of esters is 1. The number of methoxy groups -OCH3 is 1. The quantitative estimate of drug-likeness (QED) is 0.795. The number of aromatic nitrogens is 1. The molecule has 0 aromatic carbocycles. The van der Waals surface area contributed by atoms with Crippen molar-refractivity contribution in [1.29, 1.82) is 0 Å². The van der Waals surface area contributed by atoms with Crippen LogP contribution in [0, 0.1) is 0 Å². The molecule has 2 aliphatic rings. The molecule has 5 nitrogen and oxygen atoms in total. The van der Waals surface area contributed by atoms with E-state index in [2.05, 4.69) is 19.9 Å². The van der Waals surface area contributed by atoms with Crippen LogP contribution >= 0.6 is 11.3 Å². The molecule has 21 heavy (non-hydrogen) atoms. The van der Waals surface area contributed by atoms with Crippen LogP contribution < -0.4 is 4.90 Å². The third-order valence-electron chi connectivity index (χ3n) is 4.46. The first-order chi connectivity index (χ1) is 10.3. The van der Waals surface area contributed by atoms with Crippen molar-refractivity contribution in [3.63, 3.8) is 0 Å². The lowest BCUT2D eigenvalue weighted by atomic mass is 10.00. The van der Waals surface area contributed by atoms with Crippen LogP contribution in [0.3, 0.4) is 0 Å². The highest BCUT2D eigenvalue weighted by Crippen LogP contribution is 2.27. The number of fused-ring (bicyclic) bond motifs is 1.